The fourth-order valence-electron chi connectivity index (χ4n) is 2.66. The number of carbonyl (C=O) groups excluding carboxylic acids is 1. The zero-order chi connectivity index (χ0) is 19.3. The van der Waals surface area contributed by atoms with Crippen LogP contribution in [0.1, 0.15) is 10.4 Å². The third-order valence-electron chi connectivity index (χ3n) is 4.10. The number of pyridine rings is 1. The molecule has 0 fully saturated rings. The minimum absolute atomic E-state index is 0.268. The Labute approximate surface area is 161 Å². The zero-order valence-corrected chi connectivity index (χ0v) is 15.0. The quantitative estimate of drug-likeness (QED) is 0.568. The maximum Gasteiger partial charge on any atom is 0.260 e. The Bertz CT molecular complexity index is 1090. The van der Waals surface area contributed by atoms with Crippen LogP contribution in [0.5, 0.6) is 5.75 Å². The van der Waals surface area contributed by atoms with E-state index in [0.717, 1.165) is 11.3 Å². The van der Waals surface area contributed by atoms with Gasteiger partial charge in [0.1, 0.15) is 5.75 Å². The van der Waals surface area contributed by atoms with Crippen molar-refractivity contribution < 1.29 is 14.1 Å². The highest BCUT2D eigenvalue weighted by Gasteiger charge is 2.16. The second kappa shape index (κ2) is 7.71. The monoisotopic (exact) mass is 372 g/mol. The van der Waals surface area contributed by atoms with E-state index < -0.39 is 0 Å². The van der Waals surface area contributed by atoms with Gasteiger partial charge in [0.15, 0.2) is 0 Å². The Morgan fingerprint density at radius 1 is 1.04 bits per heavy atom. The highest BCUT2D eigenvalue weighted by molar-refractivity contribution is 6.05. The Balaban J connectivity index is 1.62. The van der Waals surface area contributed by atoms with E-state index in [-0.39, 0.29) is 5.91 Å². The lowest BCUT2D eigenvalue weighted by molar-refractivity contribution is 0.102. The molecule has 1 amide bonds. The van der Waals surface area contributed by atoms with Gasteiger partial charge in [-0.25, -0.2) is 0 Å². The van der Waals surface area contributed by atoms with Crippen molar-refractivity contribution in [1.82, 2.24) is 15.1 Å². The first-order valence-corrected chi connectivity index (χ1v) is 8.53. The van der Waals surface area contributed by atoms with Gasteiger partial charge < -0.3 is 14.6 Å². The molecule has 0 aliphatic heterocycles. The molecule has 0 bridgehead atoms. The molecule has 0 spiro atoms. The van der Waals surface area contributed by atoms with E-state index in [1.54, 1.807) is 31.5 Å². The van der Waals surface area contributed by atoms with Crippen LogP contribution in [-0.2, 0) is 0 Å². The Morgan fingerprint density at radius 2 is 1.86 bits per heavy atom. The molecule has 138 valence electrons. The van der Waals surface area contributed by atoms with Crippen LogP contribution in [0.4, 0.5) is 5.69 Å². The predicted molar refractivity (Wildman–Crippen MR) is 104 cm³/mol. The Hall–Kier alpha value is -4.00. The van der Waals surface area contributed by atoms with Crippen molar-refractivity contribution in [2.45, 2.75) is 0 Å². The van der Waals surface area contributed by atoms with E-state index in [9.17, 15) is 4.79 Å². The van der Waals surface area contributed by atoms with Gasteiger partial charge in [0.05, 0.1) is 23.9 Å². The number of aromatic nitrogens is 3. The van der Waals surface area contributed by atoms with Crippen molar-refractivity contribution in [3.63, 3.8) is 0 Å². The van der Waals surface area contributed by atoms with Crippen LogP contribution in [0.15, 0.2) is 77.6 Å². The van der Waals surface area contributed by atoms with Gasteiger partial charge in [-0.2, -0.15) is 4.98 Å². The van der Waals surface area contributed by atoms with Crippen LogP contribution in [0.2, 0.25) is 0 Å². The van der Waals surface area contributed by atoms with Gasteiger partial charge in [0.25, 0.3) is 11.8 Å². The lowest BCUT2D eigenvalue weighted by atomic mass is 10.1. The number of nitrogens with one attached hydrogen (secondary N) is 1. The standard InChI is InChI=1S/C21H16N4O3/c1-27-16-10-8-14(9-11-16)19-24-21(28-25-19)17-6-2-3-7-18(17)23-20(26)15-5-4-12-22-13-15/h2-13H,1H3,(H,23,26). The molecule has 0 saturated heterocycles. The lowest BCUT2D eigenvalue weighted by Gasteiger charge is -2.08. The number of benzene rings is 2. The normalized spacial score (nSPS) is 10.5. The summed E-state index contributed by atoms with van der Waals surface area (Å²) in [5.74, 6) is 1.24. The maximum absolute atomic E-state index is 12.5. The summed E-state index contributed by atoms with van der Waals surface area (Å²) in [4.78, 5) is 20.9. The summed E-state index contributed by atoms with van der Waals surface area (Å²) >= 11 is 0. The first kappa shape index (κ1) is 17.4. The number of hydrogen-bond acceptors (Lipinski definition) is 6. The van der Waals surface area contributed by atoms with Crippen LogP contribution in [0, 0.1) is 0 Å². The summed E-state index contributed by atoms with van der Waals surface area (Å²) in [6.45, 7) is 0. The summed E-state index contributed by atoms with van der Waals surface area (Å²) in [5.41, 5.74) is 2.46. The van der Waals surface area contributed by atoms with Crippen LogP contribution in [-0.4, -0.2) is 28.1 Å². The van der Waals surface area contributed by atoms with Gasteiger partial charge in [-0.15, -0.1) is 0 Å². The molecule has 0 aliphatic rings. The molecule has 0 saturated carbocycles. The summed E-state index contributed by atoms with van der Waals surface area (Å²) in [5, 5.41) is 6.91. The topological polar surface area (TPSA) is 90.1 Å². The summed E-state index contributed by atoms with van der Waals surface area (Å²) in [6, 6.07) is 18.0. The number of ether oxygens (including phenoxy) is 1. The fraction of sp³-hybridized carbons (Fsp3) is 0.0476. The Morgan fingerprint density at radius 3 is 2.61 bits per heavy atom. The summed E-state index contributed by atoms with van der Waals surface area (Å²) in [7, 11) is 1.61. The molecule has 2 aromatic heterocycles. The largest absolute Gasteiger partial charge is 0.497 e. The highest BCUT2D eigenvalue weighted by atomic mass is 16.5. The van der Waals surface area contributed by atoms with E-state index in [2.05, 4.69) is 20.4 Å². The summed E-state index contributed by atoms with van der Waals surface area (Å²) < 4.78 is 10.6. The molecule has 2 heterocycles. The first-order valence-electron chi connectivity index (χ1n) is 8.53. The van der Waals surface area contributed by atoms with Gasteiger partial charge in [-0.1, -0.05) is 17.3 Å². The van der Waals surface area contributed by atoms with Crippen molar-refractivity contribution in [2.75, 3.05) is 12.4 Å². The second-order valence-electron chi connectivity index (χ2n) is 5.89. The summed E-state index contributed by atoms with van der Waals surface area (Å²) in [6.07, 6.45) is 3.12. The van der Waals surface area contributed by atoms with E-state index in [1.807, 2.05) is 42.5 Å². The molecular weight excluding hydrogens is 356 g/mol. The lowest BCUT2D eigenvalue weighted by Crippen LogP contribution is -2.12. The maximum atomic E-state index is 12.5. The number of methoxy groups -OCH3 is 1. The van der Waals surface area contributed by atoms with E-state index >= 15 is 0 Å². The molecular formula is C21H16N4O3. The number of para-hydroxylation sites is 1. The molecule has 4 aromatic rings. The minimum atomic E-state index is -0.268. The van der Waals surface area contributed by atoms with Crippen LogP contribution in [0.3, 0.4) is 0 Å². The first-order chi connectivity index (χ1) is 13.7. The van der Waals surface area contributed by atoms with Gasteiger partial charge in [0.2, 0.25) is 5.82 Å². The molecule has 2 aromatic carbocycles. The number of nitrogens with zero attached hydrogens (tertiary/aromatic N) is 3. The smallest absolute Gasteiger partial charge is 0.260 e. The number of hydrogen-bond donors (Lipinski definition) is 1. The van der Waals surface area contributed by atoms with Crippen molar-refractivity contribution in [3.05, 3.63) is 78.6 Å². The van der Waals surface area contributed by atoms with Gasteiger partial charge in [-0.05, 0) is 48.5 Å². The van der Waals surface area contributed by atoms with E-state index in [0.29, 0.717) is 28.5 Å². The number of amides is 1. The minimum Gasteiger partial charge on any atom is -0.497 e. The zero-order valence-electron chi connectivity index (χ0n) is 15.0. The van der Waals surface area contributed by atoms with Gasteiger partial charge in [0, 0.05) is 18.0 Å². The molecule has 0 unspecified atom stereocenters. The molecule has 7 heteroatoms. The molecule has 0 atom stereocenters. The SMILES string of the molecule is COc1ccc(-c2noc(-c3ccccc3NC(=O)c3cccnc3)n2)cc1. The van der Waals surface area contributed by atoms with Crippen molar-refractivity contribution >= 4 is 11.6 Å². The van der Waals surface area contributed by atoms with Crippen molar-refractivity contribution in [3.8, 4) is 28.6 Å². The predicted octanol–water partition coefficient (Wildman–Crippen LogP) is 4.06. The number of rotatable bonds is 5. The van der Waals surface area contributed by atoms with Crippen molar-refractivity contribution in [2.24, 2.45) is 0 Å². The van der Waals surface area contributed by atoms with E-state index in [4.69, 9.17) is 9.26 Å². The molecule has 7 nitrogen and oxygen atoms in total. The van der Waals surface area contributed by atoms with Crippen molar-refractivity contribution in [1.29, 1.82) is 0 Å². The molecule has 28 heavy (non-hydrogen) atoms. The third-order valence-corrected chi connectivity index (χ3v) is 4.10. The van der Waals surface area contributed by atoms with E-state index in [1.165, 1.54) is 6.20 Å². The average Bonchev–Trinajstić information content (AvgIpc) is 3.25. The van der Waals surface area contributed by atoms with Gasteiger partial charge >= 0.3 is 0 Å². The molecule has 0 aliphatic carbocycles. The van der Waals surface area contributed by atoms with Crippen LogP contribution in [0.25, 0.3) is 22.8 Å². The molecule has 1 N–H and O–H groups in total. The Kier molecular flexibility index (Phi) is 4.79. The second-order valence-corrected chi connectivity index (χ2v) is 5.89. The fourth-order valence-corrected chi connectivity index (χ4v) is 2.66. The van der Waals surface area contributed by atoms with Gasteiger partial charge in [-0.3, -0.25) is 9.78 Å². The molecule has 4 rings (SSSR count). The third kappa shape index (κ3) is 3.59. The van der Waals surface area contributed by atoms with Crippen LogP contribution >= 0.6 is 0 Å². The van der Waals surface area contributed by atoms with Crippen LogP contribution < -0.4 is 10.1 Å². The molecule has 0 radical (unpaired) electrons. The number of carbonyl (C=O) groups is 1. The average molecular weight is 372 g/mol. The number of anilines is 1. The highest BCUT2D eigenvalue weighted by Crippen LogP contribution is 2.29.